The number of aliphatic carboxylic acids is 1. The van der Waals surface area contributed by atoms with Crippen LogP contribution >= 0.6 is 0 Å². The molecule has 1 aliphatic rings. The topological polar surface area (TPSA) is 69.6 Å². The Morgan fingerprint density at radius 3 is 2.74 bits per heavy atom. The second-order valence-electron chi connectivity index (χ2n) is 4.74. The molecule has 5 heteroatoms. The third-order valence-electron chi connectivity index (χ3n) is 3.34. The van der Waals surface area contributed by atoms with E-state index in [0.29, 0.717) is 19.5 Å². The van der Waals surface area contributed by atoms with Crippen LogP contribution < -0.4 is 5.32 Å². The highest BCUT2D eigenvalue weighted by Gasteiger charge is 2.27. The van der Waals surface area contributed by atoms with Gasteiger partial charge in [0.15, 0.2) is 0 Å². The van der Waals surface area contributed by atoms with Gasteiger partial charge in [0, 0.05) is 18.8 Å². The summed E-state index contributed by atoms with van der Waals surface area (Å²) < 4.78 is 0. The molecule has 1 aliphatic heterocycles. The lowest BCUT2D eigenvalue weighted by Crippen LogP contribution is -2.44. The van der Waals surface area contributed by atoms with Crippen LogP contribution in [0.1, 0.15) is 12.8 Å². The van der Waals surface area contributed by atoms with Gasteiger partial charge in [0.25, 0.3) is 0 Å². The summed E-state index contributed by atoms with van der Waals surface area (Å²) in [7, 11) is 0. The van der Waals surface area contributed by atoms with Crippen molar-refractivity contribution in [2.45, 2.75) is 12.8 Å². The van der Waals surface area contributed by atoms with Gasteiger partial charge in [-0.05, 0) is 25.0 Å². The number of carboxylic acids is 1. The van der Waals surface area contributed by atoms with Crippen LogP contribution in [0, 0.1) is 5.92 Å². The second kappa shape index (κ2) is 6.22. The maximum absolute atomic E-state index is 12.0. The summed E-state index contributed by atoms with van der Waals surface area (Å²) in [5.74, 6) is -1.28. The Hall–Kier alpha value is -2.04. The summed E-state index contributed by atoms with van der Waals surface area (Å²) in [6.07, 6.45) is 1.42. The largest absolute Gasteiger partial charge is 0.481 e. The first-order valence-corrected chi connectivity index (χ1v) is 6.46. The molecule has 5 nitrogen and oxygen atoms in total. The van der Waals surface area contributed by atoms with E-state index in [9.17, 15) is 9.59 Å². The van der Waals surface area contributed by atoms with Crippen LogP contribution in [0.2, 0.25) is 0 Å². The third-order valence-corrected chi connectivity index (χ3v) is 3.34. The lowest BCUT2D eigenvalue weighted by atomic mass is 9.98. The molecule has 1 aromatic rings. The van der Waals surface area contributed by atoms with Crippen molar-refractivity contribution in [1.29, 1.82) is 0 Å². The van der Waals surface area contributed by atoms with Crippen LogP contribution in [-0.4, -0.2) is 41.5 Å². The minimum Gasteiger partial charge on any atom is -0.481 e. The van der Waals surface area contributed by atoms with Gasteiger partial charge in [-0.15, -0.1) is 0 Å². The molecule has 1 heterocycles. The van der Waals surface area contributed by atoms with Crippen molar-refractivity contribution in [1.82, 2.24) is 4.90 Å². The fourth-order valence-electron chi connectivity index (χ4n) is 2.25. The molecule has 1 fully saturated rings. The molecule has 19 heavy (non-hydrogen) atoms. The Morgan fingerprint density at radius 1 is 1.32 bits per heavy atom. The highest BCUT2D eigenvalue weighted by atomic mass is 16.4. The number of carbonyl (C=O) groups excluding carboxylic acids is 1. The molecule has 1 saturated heterocycles. The first kappa shape index (κ1) is 13.4. The van der Waals surface area contributed by atoms with E-state index in [1.54, 1.807) is 4.90 Å². The molecule has 0 aliphatic carbocycles. The molecule has 0 spiro atoms. The number of amides is 1. The molecule has 0 saturated carbocycles. The Balaban J connectivity index is 1.84. The number of carbonyl (C=O) groups is 2. The maximum Gasteiger partial charge on any atom is 0.308 e. The lowest BCUT2D eigenvalue weighted by molar-refractivity contribution is -0.145. The van der Waals surface area contributed by atoms with Crippen LogP contribution in [0.5, 0.6) is 0 Å². The fourth-order valence-corrected chi connectivity index (χ4v) is 2.25. The number of nitrogens with zero attached hydrogens (tertiary/aromatic N) is 1. The number of hydrogen-bond acceptors (Lipinski definition) is 3. The van der Waals surface area contributed by atoms with Crippen LogP contribution in [-0.2, 0) is 9.59 Å². The highest BCUT2D eigenvalue weighted by Crippen LogP contribution is 2.16. The maximum atomic E-state index is 12.0. The van der Waals surface area contributed by atoms with E-state index in [1.165, 1.54) is 0 Å². The first-order valence-electron chi connectivity index (χ1n) is 6.46. The molecule has 0 aromatic heterocycles. The molecule has 1 unspecified atom stereocenters. The normalized spacial score (nSPS) is 18.9. The number of para-hydroxylation sites is 1. The van der Waals surface area contributed by atoms with Gasteiger partial charge in [0.2, 0.25) is 5.91 Å². The molecule has 1 aromatic carbocycles. The van der Waals surface area contributed by atoms with Crippen LogP contribution in [0.15, 0.2) is 30.3 Å². The Morgan fingerprint density at radius 2 is 2.05 bits per heavy atom. The minimum atomic E-state index is -0.812. The molecule has 2 N–H and O–H groups in total. The van der Waals surface area contributed by atoms with Gasteiger partial charge in [-0.3, -0.25) is 9.59 Å². The predicted molar refractivity (Wildman–Crippen MR) is 71.9 cm³/mol. The average Bonchev–Trinajstić information content (AvgIpc) is 2.46. The van der Waals surface area contributed by atoms with Crippen molar-refractivity contribution in [2.75, 3.05) is 25.0 Å². The number of rotatable bonds is 4. The third kappa shape index (κ3) is 3.71. The minimum absolute atomic E-state index is 0.0465. The van der Waals surface area contributed by atoms with Crippen LogP contribution in [0.4, 0.5) is 5.69 Å². The zero-order chi connectivity index (χ0) is 13.7. The van der Waals surface area contributed by atoms with Gasteiger partial charge >= 0.3 is 5.97 Å². The monoisotopic (exact) mass is 262 g/mol. The number of benzene rings is 1. The molecular formula is C14H18N2O3. The number of carboxylic acid groups (broad SMARTS) is 1. The summed E-state index contributed by atoms with van der Waals surface area (Å²) in [4.78, 5) is 24.6. The fraction of sp³-hybridized carbons (Fsp3) is 0.429. The van der Waals surface area contributed by atoms with E-state index < -0.39 is 11.9 Å². The zero-order valence-corrected chi connectivity index (χ0v) is 10.7. The number of hydrogen-bond donors (Lipinski definition) is 2. The van der Waals surface area contributed by atoms with Crippen molar-refractivity contribution in [3.05, 3.63) is 30.3 Å². The molecule has 0 radical (unpaired) electrons. The summed E-state index contributed by atoms with van der Waals surface area (Å²) in [5.41, 5.74) is 0.891. The van der Waals surface area contributed by atoms with Crippen molar-refractivity contribution >= 4 is 17.6 Å². The van der Waals surface area contributed by atoms with E-state index in [-0.39, 0.29) is 12.5 Å². The Kier molecular flexibility index (Phi) is 4.39. The summed E-state index contributed by atoms with van der Waals surface area (Å²) in [6.45, 7) is 1.18. The lowest BCUT2D eigenvalue weighted by Gasteiger charge is -2.30. The second-order valence-corrected chi connectivity index (χ2v) is 4.74. The average molecular weight is 262 g/mol. The molecule has 2 rings (SSSR count). The number of anilines is 1. The number of likely N-dealkylation sites (tertiary alicyclic amines) is 1. The van der Waals surface area contributed by atoms with E-state index in [4.69, 9.17) is 5.11 Å². The van der Waals surface area contributed by atoms with E-state index in [0.717, 1.165) is 12.1 Å². The van der Waals surface area contributed by atoms with Gasteiger partial charge in [-0.25, -0.2) is 0 Å². The van der Waals surface area contributed by atoms with Gasteiger partial charge in [-0.1, -0.05) is 18.2 Å². The quantitative estimate of drug-likeness (QED) is 0.861. The van der Waals surface area contributed by atoms with Gasteiger partial charge in [-0.2, -0.15) is 0 Å². The van der Waals surface area contributed by atoms with Gasteiger partial charge < -0.3 is 15.3 Å². The van der Waals surface area contributed by atoms with Gasteiger partial charge in [0.1, 0.15) is 0 Å². The zero-order valence-electron chi connectivity index (χ0n) is 10.7. The molecule has 102 valence electrons. The Labute approximate surface area is 112 Å². The van der Waals surface area contributed by atoms with Crippen molar-refractivity contribution in [3.63, 3.8) is 0 Å². The smallest absolute Gasteiger partial charge is 0.308 e. The summed E-state index contributed by atoms with van der Waals surface area (Å²) >= 11 is 0. The summed E-state index contributed by atoms with van der Waals surface area (Å²) in [5, 5.41) is 12.0. The van der Waals surface area contributed by atoms with Crippen LogP contribution in [0.25, 0.3) is 0 Å². The van der Waals surface area contributed by atoms with Crippen molar-refractivity contribution < 1.29 is 14.7 Å². The van der Waals surface area contributed by atoms with Crippen molar-refractivity contribution in [2.24, 2.45) is 5.92 Å². The number of nitrogens with one attached hydrogen (secondary N) is 1. The highest BCUT2D eigenvalue weighted by molar-refractivity contribution is 5.81. The molecule has 0 bridgehead atoms. The first-order chi connectivity index (χ1) is 9.16. The van der Waals surface area contributed by atoms with Crippen LogP contribution in [0.3, 0.4) is 0 Å². The summed E-state index contributed by atoms with van der Waals surface area (Å²) in [6, 6.07) is 9.49. The molecule has 1 amide bonds. The van der Waals surface area contributed by atoms with E-state index >= 15 is 0 Å². The SMILES string of the molecule is O=C(O)C1CCCN(C(=O)CNc2ccccc2)C1. The molecule has 1 atom stereocenters. The van der Waals surface area contributed by atoms with E-state index in [2.05, 4.69) is 5.32 Å². The number of piperidine rings is 1. The van der Waals surface area contributed by atoms with E-state index in [1.807, 2.05) is 30.3 Å². The standard InChI is InChI=1S/C14H18N2O3/c17-13(9-15-12-6-2-1-3-7-12)16-8-4-5-11(10-16)14(18)19/h1-3,6-7,11,15H,4-5,8-10H2,(H,18,19). The molecular weight excluding hydrogens is 244 g/mol. The Bertz CT molecular complexity index is 447. The van der Waals surface area contributed by atoms with Gasteiger partial charge in [0.05, 0.1) is 12.5 Å². The van der Waals surface area contributed by atoms with Crippen molar-refractivity contribution in [3.8, 4) is 0 Å². The predicted octanol–water partition coefficient (Wildman–Crippen LogP) is 1.42.